The average Bonchev–Trinajstić information content (AvgIpc) is 3.06. The van der Waals surface area contributed by atoms with Gasteiger partial charge < -0.3 is 0 Å². The Labute approximate surface area is 169 Å². The van der Waals surface area contributed by atoms with Crippen LogP contribution in [0.15, 0.2) is 72.8 Å². The molecule has 0 aliphatic carbocycles. The van der Waals surface area contributed by atoms with Crippen molar-refractivity contribution in [3.8, 4) is 28.2 Å². The van der Waals surface area contributed by atoms with Gasteiger partial charge in [0.25, 0.3) is 0 Å². The Hall–Kier alpha value is -2.95. The van der Waals surface area contributed by atoms with E-state index in [-0.39, 0.29) is 0 Å². The van der Waals surface area contributed by atoms with E-state index in [2.05, 4.69) is 81.3 Å². The van der Waals surface area contributed by atoms with Crippen LogP contribution in [-0.4, -0.2) is 26.7 Å². The van der Waals surface area contributed by atoms with Gasteiger partial charge in [0.2, 0.25) is 0 Å². The van der Waals surface area contributed by atoms with Crippen LogP contribution in [0.4, 0.5) is 0 Å². The van der Waals surface area contributed by atoms with Crippen molar-refractivity contribution in [2.75, 3.05) is 7.05 Å². The smallest absolute Gasteiger partial charge is 0.168 e. The summed E-state index contributed by atoms with van der Waals surface area (Å²) in [6.07, 6.45) is 0. The van der Waals surface area contributed by atoms with Crippen LogP contribution in [0.25, 0.3) is 28.2 Å². The van der Waals surface area contributed by atoms with Crippen molar-refractivity contribution in [3.63, 3.8) is 0 Å². The number of rotatable bonds is 2. The molecule has 0 saturated carbocycles. The molecule has 1 aromatic heterocycles. The monoisotopic (exact) mass is 386 g/mol. The molecule has 0 unspecified atom stereocenters. The molecule has 5 rings (SSSR count). The van der Waals surface area contributed by atoms with Gasteiger partial charge in [0.15, 0.2) is 11.6 Å². The van der Waals surface area contributed by atoms with Crippen molar-refractivity contribution >= 4 is 11.6 Å². The largest absolute Gasteiger partial charge is 0.295 e. The molecule has 4 nitrogen and oxygen atoms in total. The van der Waals surface area contributed by atoms with E-state index in [1.54, 1.807) is 0 Å². The molecule has 5 heteroatoms. The van der Waals surface area contributed by atoms with Gasteiger partial charge in [-0.1, -0.05) is 66.2 Å². The fourth-order valence-corrected chi connectivity index (χ4v) is 3.98. The number of hydrogen-bond donors (Lipinski definition) is 0. The van der Waals surface area contributed by atoms with Crippen LogP contribution < -0.4 is 0 Å². The molecule has 0 bridgehead atoms. The third-order valence-corrected chi connectivity index (χ3v) is 5.35. The van der Waals surface area contributed by atoms with Gasteiger partial charge in [0, 0.05) is 17.1 Å². The Balaban J connectivity index is 1.61. The van der Waals surface area contributed by atoms with Crippen LogP contribution in [-0.2, 0) is 13.1 Å². The Morgan fingerprint density at radius 3 is 2.29 bits per heavy atom. The highest BCUT2D eigenvalue weighted by Crippen LogP contribution is 2.31. The van der Waals surface area contributed by atoms with Crippen LogP contribution in [0.2, 0.25) is 5.02 Å². The van der Waals surface area contributed by atoms with Gasteiger partial charge in [-0.3, -0.25) is 9.47 Å². The van der Waals surface area contributed by atoms with E-state index >= 15 is 0 Å². The normalized spacial score (nSPS) is 13.6. The van der Waals surface area contributed by atoms with Gasteiger partial charge in [-0.05, 0) is 41.9 Å². The average molecular weight is 387 g/mol. The van der Waals surface area contributed by atoms with Gasteiger partial charge in [0.1, 0.15) is 0 Å². The summed E-state index contributed by atoms with van der Waals surface area (Å²) in [5, 5.41) is 9.75. The Bertz CT molecular complexity index is 1130. The molecule has 0 amide bonds. The molecule has 3 aromatic carbocycles. The molecule has 0 atom stereocenters. The minimum absolute atomic E-state index is 0.737. The van der Waals surface area contributed by atoms with Gasteiger partial charge in [-0.2, -0.15) is 0 Å². The Kier molecular flexibility index (Phi) is 4.23. The zero-order chi connectivity index (χ0) is 19.1. The lowest BCUT2D eigenvalue weighted by atomic mass is 10.0. The standard InChI is InChI=1S/C23H19ClN4/c1-27-14-19-13-20(24)11-12-21(19)28-22(15-27)25-26-23(28)18-9-7-17(8-10-18)16-5-3-2-4-6-16/h2-13H,14-15H2,1H3. The first-order valence-electron chi connectivity index (χ1n) is 9.26. The van der Waals surface area contributed by atoms with Gasteiger partial charge >= 0.3 is 0 Å². The molecule has 28 heavy (non-hydrogen) atoms. The molecule has 4 aromatic rings. The van der Waals surface area contributed by atoms with Gasteiger partial charge in [-0.25, -0.2) is 0 Å². The molecule has 1 aliphatic rings. The predicted molar refractivity (Wildman–Crippen MR) is 112 cm³/mol. The second-order valence-electron chi connectivity index (χ2n) is 7.16. The van der Waals surface area contributed by atoms with E-state index < -0.39 is 0 Å². The Morgan fingerprint density at radius 1 is 0.786 bits per heavy atom. The molecule has 0 spiro atoms. The number of hydrogen-bond acceptors (Lipinski definition) is 3. The van der Waals surface area contributed by atoms with Crippen LogP contribution in [0.5, 0.6) is 0 Å². The zero-order valence-corrected chi connectivity index (χ0v) is 16.3. The molecular formula is C23H19ClN4. The summed E-state index contributed by atoms with van der Waals surface area (Å²) in [5.74, 6) is 1.79. The summed E-state index contributed by atoms with van der Waals surface area (Å²) in [6, 6.07) is 24.9. The van der Waals surface area contributed by atoms with Crippen LogP contribution in [0.3, 0.4) is 0 Å². The molecule has 0 N–H and O–H groups in total. The maximum atomic E-state index is 6.25. The zero-order valence-electron chi connectivity index (χ0n) is 15.5. The van der Waals surface area contributed by atoms with Crippen molar-refractivity contribution in [2.24, 2.45) is 0 Å². The van der Waals surface area contributed by atoms with Crippen molar-refractivity contribution in [3.05, 3.63) is 89.2 Å². The fourth-order valence-electron chi connectivity index (χ4n) is 3.79. The molecular weight excluding hydrogens is 368 g/mol. The van der Waals surface area contributed by atoms with Crippen LogP contribution >= 0.6 is 11.6 Å². The SMILES string of the molecule is CN1Cc2cc(Cl)ccc2-n2c(nnc2-c2ccc(-c3ccccc3)cc2)C1. The van der Waals surface area contributed by atoms with Crippen LogP contribution in [0.1, 0.15) is 11.4 Å². The molecule has 138 valence electrons. The molecule has 2 heterocycles. The Morgan fingerprint density at radius 2 is 1.50 bits per heavy atom. The van der Waals surface area contributed by atoms with E-state index in [1.165, 1.54) is 16.7 Å². The van der Waals surface area contributed by atoms with E-state index in [0.29, 0.717) is 0 Å². The minimum Gasteiger partial charge on any atom is -0.295 e. The third kappa shape index (κ3) is 3.01. The lowest BCUT2D eigenvalue weighted by Gasteiger charge is -2.13. The summed E-state index contributed by atoms with van der Waals surface area (Å²) in [5.41, 5.74) is 5.71. The van der Waals surface area contributed by atoms with Crippen molar-refractivity contribution in [1.29, 1.82) is 0 Å². The van der Waals surface area contributed by atoms with Crippen molar-refractivity contribution < 1.29 is 0 Å². The third-order valence-electron chi connectivity index (χ3n) is 5.11. The number of aromatic nitrogens is 3. The summed E-state index contributed by atoms with van der Waals surface area (Å²) >= 11 is 6.25. The highest BCUT2D eigenvalue weighted by Gasteiger charge is 2.23. The highest BCUT2D eigenvalue weighted by atomic mass is 35.5. The van der Waals surface area contributed by atoms with Gasteiger partial charge in [-0.15, -0.1) is 10.2 Å². The van der Waals surface area contributed by atoms with E-state index in [9.17, 15) is 0 Å². The van der Waals surface area contributed by atoms with Crippen molar-refractivity contribution in [1.82, 2.24) is 19.7 Å². The molecule has 0 saturated heterocycles. The summed E-state index contributed by atoms with van der Waals surface area (Å²) in [4.78, 5) is 2.23. The number of nitrogens with zero attached hydrogens (tertiary/aromatic N) is 4. The lowest BCUT2D eigenvalue weighted by Crippen LogP contribution is -2.16. The maximum absolute atomic E-state index is 6.25. The molecule has 0 fully saturated rings. The fraction of sp³-hybridized carbons (Fsp3) is 0.130. The van der Waals surface area contributed by atoms with Gasteiger partial charge in [0.05, 0.1) is 12.2 Å². The number of fused-ring (bicyclic) bond motifs is 3. The number of halogens is 1. The van der Waals surface area contributed by atoms with E-state index in [4.69, 9.17) is 11.6 Å². The minimum atomic E-state index is 0.737. The summed E-state index contributed by atoms with van der Waals surface area (Å²) < 4.78 is 2.16. The van der Waals surface area contributed by atoms with E-state index in [0.717, 1.165) is 41.0 Å². The number of benzene rings is 3. The second kappa shape index (κ2) is 6.89. The maximum Gasteiger partial charge on any atom is 0.168 e. The van der Waals surface area contributed by atoms with Crippen molar-refractivity contribution in [2.45, 2.75) is 13.1 Å². The van der Waals surface area contributed by atoms with E-state index in [1.807, 2.05) is 18.2 Å². The first-order chi connectivity index (χ1) is 13.7. The first-order valence-corrected chi connectivity index (χ1v) is 9.64. The highest BCUT2D eigenvalue weighted by molar-refractivity contribution is 6.30. The quantitative estimate of drug-likeness (QED) is 0.474. The molecule has 0 radical (unpaired) electrons. The molecule has 1 aliphatic heterocycles. The second-order valence-corrected chi connectivity index (χ2v) is 7.60. The lowest BCUT2D eigenvalue weighted by molar-refractivity contribution is 0.315. The predicted octanol–water partition coefficient (Wildman–Crippen LogP) is 5.20. The summed E-state index contributed by atoms with van der Waals surface area (Å²) in [6.45, 7) is 1.56. The first kappa shape index (κ1) is 17.2. The topological polar surface area (TPSA) is 34.0 Å². The van der Waals surface area contributed by atoms with Crippen LogP contribution in [0, 0.1) is 0 Å². The summed E-state index contributed by atoms with van der Waals surface area (Å²) in [7, 11) is 2.09.